The lowest BCUT2D eigenvalue weighted by Crippen LogP contribution is -2.26. The molecule has 0 unspecified atom stereocenters. The van der Waals surface area contributed by atoms with Crippen LogP contribution in [0.1, 0.15) is 39.8 Å². The number of nitrogens with zero attached hydrogens (tertiary/aromatic N) is 3. The fourth-order valence-corrected chi connectivity index (χ4v) is 5.64. The topological polar surface area (TPSA) is 72.3 Å². The molecule has 3 rings (SSSR count). The maximum Gasteiger partial charge on any atom is 0.253 e. The third kappa shape index (κ3) is 3.95. The first-order valence-corrected chi connectivity index (χ1v) is 11.3. The van der Waals surface area contributed by atoms with E-state index in [1.165, 1.54) is 0 Å². The van der Waals surface area contributed by atoms with Crippen LogP contribution in [-0.4, -0.2) is 47.6 Å². The van der Waals surface area contributed by atoms with Crippen molar-refractivity contribution < 1.29 is 13.2 Å². The van der Waals surface area contributed by atoms with E-state index in [1.807, 2.05) is 42.8 Å². The molecule has 1 amide bonds. The lowest BCUT2D eigenvalue weighted by Gasteiger charge is -2.18. The van der Waals surface area contributed by atoms with Crippen molar-refractivity contribution in [1.82, 2.24) is 14.7 Å². The molecule has 26 heavy (non-hydrogen) atoms. The number of rotatable bonds is 4. The first-order chi connectivity index (χ1) is 12.2. The second kappa shape index (κ2) is 7.30. The van der Waals surface area contributed by atoms with Gasteiger partial charge >= 0.3 is 0 Å². The number of benzene rings is 1. The summed E-state index contributed by atoms with van der Waals surface area (Å²) in [6.07, 6.45) is 0.598. The van der Waals surface area contributed by atoms with Crippen LogP contribution in [-0.2, 0) is 16.4 Å². The van der Waals surface area contributed by atoms with E-state index in [4.69, 9.17) is 0 Å². The summed E-state index contributed by atoms with van der Waals surface area (Å²) in [6.45, 7) is 4.30. The smallest absolute Gasteiger partial charge is 0.253 e. The number of hydrogen-bond donors (Lipinski definition) is 0. The molecule has 0 radical (unpaired) electrons. The fraction of sp³-hybridized carbons (Fsp3) is 0.444. The van der Waals surface area contributed by atoms with E-state index in [0.29, 0.717) is 18.5 Å². The van der Waals surface area contributed by atoms with Gasteiger partial charge in [-0.1, -0.05) is 6.07 Å². The number of carbonyl (C=O) groups excluding carboxylic acids is 1. The Hall–Kier alpha value is -1.42. The van der Waals surface area contributed by atoms with Crippen molar-refractivity contribution >= 4 is 38.3 Å². The van der Waals surface area contributed by atoms with Gasteiger partial charge in [0.15, 0.2) is 9.84 Å². The van der Waals surface area contributed by atoms with Crippen LogP contribution in [0.4, 0.5) is 0 Å². The van der Waals surface area contributed by atoms with Gasteiger partial charge in [-0.3, -0.25) is 9.48 Å². The Morgan fingerprint density at radius 3 is 2.73 bits per heavy atom. The van der Waals surface area contributed by atoms with Crippen molar-refractivity contribution in [3.63, 3.8) is 0 Å². The second-order valence-corrected chi connectivity index (χ2v) is 10.3. The molecule has 1 aromatic carbocycles. The summed E-state index contributed by atoms with van der Waals surface area (Å²) < 4.78 is 26.4. The van der Waals surface area contributed by atoms with Gasteiger partial charge in [0.25, 0.3) is 5.91 Å². The molecule has 8 heteroatoms. The van der Waals surface area contributed by atoms with Crippen LogP contribution in [0, 0.1) is 17.4 Å². The van der Waals surface area contributed by atoms with Gasteiger partial charge in [0.2, 0.25) is 0 Å². The number of amides is 1. The molecular formula is C18H22IN3O3S. The Labute approximate surface area is 167 Å². The van der Waals surface area contributed by atoms with Crippen molar-refractivity contribution in [2.45, 2.75) is 32.9 Å². The molecule has 2 aromatic rings. The molecule has 1 aromatic heterocycles. The Bertz CT molecular complexity index is 953. The quantitative estimate of drug-likeness (QED) is 0.622. The van der Waals surface area contributed by atoms with E-state index < -0.39 is 9.84 Å². The molecule has 1 aliphatic rings. The maximum absolute atomic E-state index is 12.7. The van der Waals surface area contributed by atoms with E-state index in [0.717, 1.165) is 20.5 Å². The standard InChI is InChI=1S/C18H22IN3O3S/c1-12-17(10-21(3)18(23)14-5-4-6-15(19)9-14)13(2)22(20-12)16-7-8-26(24,25)11-16/h4-6,9,16H,7-8,10-11H2,1-3H3/t16-/m1/s1. The van der Waals surface area contributed by atoms with E-state index in [-0.39, 0.29) is 23.5 Å². The van der Waals surface area contributed by atoms with Crippen molar-refractivity contribution in [2.24, 2.45) is 0 Å². The van der Waals surface area contributed by atoms with E-state index in [9.17, 15) is 13.2 Å². The highest BCUT2D eigenvalue weighted by atomic mass is 127. The molecule has 140 valence electrons. The van der Waals surface area contributed by atoms with Crippen molar-refractivity contribution in [1.29, 1.82) is 0 Å². The van der Waals surface area contributed by atoms with Crippen LogP contribution < -0.4 is 0 Å². The van der Waals surface area contributed by atoms with E-state index in [2.05, 4.69) is 27.7 Å². The molecule has 0 N–H and O–H groups in total. The van der Waals surface area contributed by atoms with Crippen molar-refractivity contribution in [2.75, 3.05) is 18.6 Å². The van der Waals surface area contributed by atoms with Gasteiger partial charge in [-0.2, -0.15) is 5.10 Å². The van der Waals surface area contributed by atoms with Crippen LogP contribution in [0.5, 0.6) is 0 Å². The minimum absolute atomic E-state index is 0.0430. The molecule has 0 saturated carbocycles. The number of sulfone groups is 1. The largest absolute Gasteiger partial charge is 0.337 e. The molecule has 0 spiro atoms. The van der Waals surface area contributed by atoms with Gasteiger partial charge < -0.3 is 4.90 Å². The Morgan fingerprint density at radius 2 is 2.12 bits per heavy atom. The molecule has 1 fully saturated rings. The Balaban J connectivity index is 1.81. The van der Waals surface area contributed by atoms with Gasteiger partial charge in [-0.25, -0.2) is 8.42 Å². The SMILES string of the molecule is Cc1nn([C@@H]2CCS(=O)(=O)C2)c(C)c1CN(C)C(=O)c1cccc(I)c1. The average Bonchev–Trinajstić information content (AvgIpc) is 3.07. The van der Waals surface area contributed by atoms with Crippen molar-refractivity contribution in [3.05, 3.63) is 50.4 Å². The summed E-state index contributed by atoms with van der Waals surface area (Å²) in [7, 11) is -1.19. The molecule has 6 nitrogen and oxygen atoms in total. The third-order valence-electron chi connectivity index (χ3n) is 4.84. The van der Waals surface area contributed by atoms with Crippen LogP contribution in [0.3, 0.4) is 0 Å². The summed E-state index contributed by atoms with van der Waals surface area (Å²) in [5.41, 5.74) is 3.42. The van der Waals surface area contributed by atoms with Crippen LogP contribution in [0.15, 0.2) is 24.3 Å². The highest BCUT2D eigenvalue weighted by molar-refractivity contribution is 14.1. The van der Waals surface area contributed by atoms with Crippen molar-refractivity contribution in [3.8, 4) is 0 Å². The zero-order chi connectivity index (χ0) is 19.1. The summed E-state index contributed by atoms with van der Waals surface area (Å²) in [5, 5.41) is 4.57. The van der Waals surface area contributed by atoms with Gasteiger partial charge in [0.05, 0.1) is 23.2 Å². The lowest BCUT2D eigenvalue weighted by atomic mass is 10.1. The lowest BCUT2D eigenvalue weighted by molar-refractivity contribution is 0.0784. The summed E-state index contributed by atoms with van der Waals surface area (Å²) in [5.74, 6) is 0.320. The maximum atomic E-state index is 12.7. The van der Waals surface area contributed by atoms with Gasteiger partial charge in [0, 0.05) is 34.0 Å². The van der Waals surface area contributed by atoms with Crippen LogP contribution >= 0.6 is 22.6 Å². The van der Waals surface area contributed by atoms with Crippen LogP contribution in [0.2, 0.25) is 0 Å². The Kier molecular flexibility index (Phi) is 5.43. The van der Waals surface area contributed by atoms with Gasteiger partial charge in [-0.15, -0.1) is 0 Å². The zero-order valence-corrected chi connectivity index (χ0v) is 18.0. The Morgan fingerprint density at radius 1 is 1.38 bits per heavy atom. The van der Waals surface area contributed by atoms with Crippen LogP contribution in [0.25, 0.3) is 0 Å². The molecule has 0 bridgehead atoms. The number of halogens is 1. The molecular weight excluding hydrogens is 465 g/mol. The van der Waals surface area contributed by atoms with Gasteiger partial charge in [0.1, 0.15) is 0 Å². The number of aryl methyl sites for hydroxylation is 1. The van der Waals surface area contributed by atoms with Gasteiger partial charge in [-0.05, 0) is 61.1 Å². The number of aromatic nitrogens is 2. The summed E-state index contributed by atoms with van der Waals surface area (Å²) in [6, 6.07) is 7.40. The highest BCUT2D eigenvalue weighted by Crippen LogP contribution is 2.27. The first kappa shape index (κ1) is 19.3. The molecule has 0 aliphatic carbocycles. The molecule has 1 saturated heterocycles. The predicted molar refractivity (Wildman–Crippen MR) is 109 cm³/mol. The minimum Gasteiger partial charge on any atom is -0.337 e. The number of carbonyl (C=O) groups is 1. The summed E-state index contributed by atoms with van der Waals surface area (Å²) in [4.78, 5) is 14.4. The van der Waals surface area contributed by atoms with E-state index in [1.54, 1.807) is 11.9 Å². The van der Waals surface area contributed by atoms with E-state index >= 15 is 0 Å². The third-order valence-corrected chi connectivity index (χ3v) is 7.26. The monoisotopic (exact) mass is 487 g/mol. The molecule has 2 heterocycles. The highest BCUT2D eigenvalue weighted by Gasteiger charge is 2.31. The zero-order valence-electron chi connectivity index (χ0n) is 15.1. The summed E-state index contributed by atoms with van der Waals surface area (Å²) >= 11 is 2.19. The fourth-order valence-electron chi connectivity index (χ4n) is 3.40. The molecule has 1 aliphatic heterocycles. The molecule has 1 atom stereocenters. The number of hydrogen-bond acceptors (Lipinski definition) is 4. The average molecular weight is 487 g/mol. The minimum atomic E-state index is -2.97. The predicted octanol–water partition coefficient (Wildman–Crippen LogP) is 2.74. The second-order valence-electron chi connectivity index (χ2n) is 6.82. The first-order valence-electron chi connectivity index (χ1n) is 8.44. The normalized spacial score (nSPS) is 18.8.